The van der Waals surface area contributed by atoms with Gasteiger partial charge in [0.05, 0.1) is 12.5 Å². The fraction of sp³-hybridized carbons (Fsp3) is 0.588. The van der Waals surface area contributed by atoms with E-state index in [9.17, 15) is 9.90 Å². The first-order valence-electron chi connectivity index (χ1n) is 7.96. The van der Waals surface area contributed by atoms with Gasteiger partial charge in [0, 0.05) is 24.3 Å². The highest BCUT2D eigenvalue weighted by Gasteiger charge is 2.37. The molecule has 21 heavy (non-hydrogen) atoms. The summed E-state index contributed by atoms with van der Waals surface area (Å²) in [7, 11) is 0. The number of carbonyl (C=O) groups is 1. The summed E-state index contributed by atoms with van der Waals surface area (Å²) in [5.41, 5.74) is 2.36. The maximum atomic E-state index is 12.9. The van der Waals surface area contributed by atoms with Gasteiger partial charge in [-0.3, -0.25) is 4.79 Å². The molecule has 0 radical (unpaired) electrons. The molecule has 1 aromatic carbocycles. The fourth-order valence-corrected chi connectivity index (χ4v) is 3.39. The number of hydrogen-bond donors (Lipinski definition) is 2. The minimum absolute atomic E-state index is 0.0351. The molecule has 0 bridgehead atoms. The highest BCUT2D eigenvalue weighted by molar-refractivity contribution is 5.82. The Kier molecular flexibility index (Phi) is 4.15. The second-order valence-electron chi connectivity index (χ2n) is 6.24. The number of para-hydroxylation sites is 1. The van der Waals surface area contributed by atoms with Crippen molar-refractivity contribution >= 4 is 11.6 Å². The van der Waals surface area contributed by atoms with Crippen molar-refractivity contribution in [1.82, 2.24) is 4.90 Å². The van der Waals surface area contributed by atoms with E-state index in [1.54, 1.807) is 0 Å². The molecule has 2 atom stereocenters. The van der Waals surface area contributed by atoms with Crippen molar-refractivity contribution in [1.29, 1.82) is 0 Å². The van der Waals surface area contributed by atoms with Crippen LogP contribution < -0.4 is 5.32 Å². The van der Waals surface area contributed by atoms with Gasteiger partial charge in [-0.05, 0) is 44.2 Å². The molecule has 2 N–H and O–H groups in total. The average molecular weight is 288 g/mol. The van der Waals surface area contributed by atoms with Crippen molar-refractivity contribution in [2.24, 2.45) is 5.92 Å². The fourth-order valence-electron chi connectivity index (χ4n) is 3.39. The van der Waals surface area contributed by atoms with E-state index in [1.165, 1.54) is 12.0 Å². The lowest BCUT2D eigenvalue weighted by Crippen LogP contribution is -2.52. The van der Waals surface area contributed by atoms with Gasteiger partial charge in [0.25, 0.3) is 0 Å². The lowest BCUT2D eigenvalue weighted by Gasteiger charge is -2.41. The van der Waals surface area contributed by atoms with Gasteiger partial charge < -0.3 is 15.3 Å². The van der Waals surface area contributed by atoms with Gasteiger partial charge in [-0.25, -0.2) is 0 Å². The molecular weight excluding hydrogens is 264 g/mol. The van der Waals surface area contributed by atoms with Crippen LogP contribution in [0.1, 0.15) is 31.7 Å². The standard InChI is InChI=1S/C17H24N2O2/c1-12-15(11-13-5-2-3-8-16(13)18-12)17(21)19(9-10-20)14-6-4-7-14/h2-3,5,8,12,14-15,18,20H,4,6-7,9-11H2,1H3. The van der Waals surface area contributed by atoms with E-state index < -0.39 is 0 Å². The zero-order valence-corrected chi connectivity index (χ0v) is 12.6. The summed E-state index contributed by atoms with van der Waals surface area (Å²) >= 11 is 0. The lowest BCUT2D eigenvalue weighted by atomic mass is 9.84. The monoisotopic (exact) mass is 288 g/mol. The number of nitrogens with one attached hydrogen (secondary N) is 1. The SMILES string of the molecule is CC1Nc2ccccc2CC1C(=O)N(CCO)C1CCC1. The molecule has 1 heterocycles. The number of nitrogens with zero attached hydrogens (tertiary/aromatic N) is 1. The number of fused-ring (bicyclic) bond motifs is 1. The predicted molar refractivity (Wildman–Crippen MR) is 83.2 cm³/mol. The molecule has 1 aliphatic carbocycles. The van der Waals surface area contributed by atoms with Crippen LogP contribution in [0.25, 0.3) is 0 Å². The van der Waals surface area contributed by atoms with Crippen molar-refractivity contribution in [2.75, 3.05) is 18.5 Å². The average Bonchev–Trinajstić information content (AvgIpc) is 2.43. The molecule has 2 unspecified atom stereocenters. The zero-order valence-electron chi connectivity index (χ0n) is 12.6. The van der Waals surface area contributed by atoms with Crippen molar-refractivity contribution in [3.05, 3.63) is 29.8 Å². The van der Waals surface area contributed by atoms with Crippen molar-refractivity contribution < 1.29 is 9.90 Å². The van der Waals surface area contributed by atoms with Crippen LogP contribution in [0.2, 0.25) is 0 Å². The Morgan fingerprint density at radius 3 is 2.81 bits per heavy atom. The van der Waals surface area contributed by atoms with E-state index in [0.717, 1.165) is 24.9 Å². The molecular formula is C17H24N2O2. The second kappa shape index (κ2) is 6.06. The number of anilines is 1. The van der Waals surface area contributed by atoms with E-state index in [4.69, 9.17) is 0 Å². The van der Waals surface area contributed by atoms with E-state index in [0.29, 0.717) is 12.6 Å². The first-order valence-corrected chi connectivity index (χ1v) is 7.96. The number of benzene rings is 1. The van der Waals surface area contributed by atoms with Crippen LogP contribution in [0, 0.1) is 5.92 Å². The predicted octanol–water partition coefficient (Wildman–Crippen LogP) is 2.03. The Morgan fingerprint density at radius 2 is 2.14 bits per heavy atom. The van der Waals surface area contributed by atoms with Crippen LogP contribution in [-0.4, -0.2) is 41.1 Å². The Morgan fingerprint density at radius 1 is 1.38 bits per heavy atom. The zero-order chi connectivity index (χ0) is 14.8. The summed E-state index contributed by atoms with van der Waals surface area (Å²) in [6.45, 7) is 2.60. The molecule has 1 saturated carbocycles. The van der Waals surface area contributed by atoms with Crippen LogP contribution in [-0.2, 0) is 11.2 Å². The third kappa shape index (κ3) is 2.77. The summed E-state index contributed by atoms with van der Waals surface area (Å²) in [5, 5.41) is 12.7. The first kappa shape index (κ1) is 14.4. The molecule has 1 amide bonds. The summed E-state index contributed by atoms with van der Waals surface area (Å²) in [6.07, 6.45) is 4.15. The maximum absolute atomic E-state index is 12.9. The molecule has 0 saturated heterocycles. The van der Waals surface area contributed by atoms with Gasteiger partial charge in [0.1, 0.15) is 0 Å². The van der Waals surface area contributed by atoms with Crippen LogP contribution >= 0.6 is 0 Å². The van der Waals surface area contributed by atoms with Gasteiger partial charge in [-0.1, -0.05) is 18.2 Å². The molecule has 3 rings (SSSR count). The lowest BCUT2D eigenvalue weighted by molar-refractivity contribution is -0.140. The van der Waals surface area contributed by atoms with Crippen LogP contribution in [0.4, 0.5) is 5.69 Å². The topological polar surface area (TPSA) is 52.6 Å². The summed E-state index contributed by atoms with van der Waals surface area (Å²) < 4.78 is 0. The van der Waals surface area contributed by atoms with Gasteiger partial charge in [-0.2, -0.15) is 0 Å². The summed E-state index contributed by atoms with van der Waals surface area (Å²) in [5.74, 6) is 0.162. The number of aliphatic hydroxyl groups excluding tert-OH is 1. The molecule has 1 fully saturated rings. The van der Waals surface area contributed by atoms with E-state index in [2.05, 4.69) is 24.4 Å². The van der Waals surface area contributed by atoms with Gasteiger partial charge >= 0.3 is 0 Å². The normalized spacial score (nSPS) is 24.7. The highest BCUT2D eigenvalue weighted by Crippen LogP contribution is 2.32. The number of amides is 1. The molecule has 4 nitrogen and oxygen atoms in total. The molecule has 0 spiro atoms. The highest BCUT2D eigenvalue weighted by atomic mass is 16.3. The number of aliphatic hydroxyl groups is 1. The number of rotatable bonds is 4. The van der Waals surface area contributed by atoms with E-state index in [1.807, 2.05) is 17.0 Å². The van der Waals surface area contributed by atoms with Gasteiger partial charge in [-0.15, -0.1) is 0 Å². The molecule has 1 aliphatic heterocycles. The third-order valence-electron chi connectivity index (χ3n) is 4.90. The molecule has 1 aromatic rings. The number of hydrogen-bond acceptors (Lipinski definition) is 3. The van der Waals surface area contributed by atoms with Crippen molar-refractivity contribution in [3.63, 3.8) is 0 Å². The Bertz CT molecular complexity index is 513. The first-order chi connectivity index (χ1) is 10.2. The van der Waals surface area contributed by atoms with Crippen LogP contribution in [0.15, 0.2) is 24.3 Å². The van der Waals surface area contributed by atoms with Crippen molar-refractivity contribution in [2.45, 2.75) is 44.7 Å². The minimum Gasteiger partial charge on any atom is -0.395 e. The van der Waals surface area contributed by atoms with Gasteiger partial charge in [0.2, 0.25) is 5.91 Å². The molecule has 114 valence electrons. The smallest absolute Gasteiger partial charge is 0.228 e. The Balaban J connectivity index is 1.77. The third-order valence-corrected chi connectivity index (χ3v) is 4.90. The number of carbonyl (C=O) groups excluding carboxylic acids is 1. The van der Waals surface area contributed by atoms with E-state index in [-0.39, 0.29) is 24.5 Å². The summed E-state index contributed by atoms with van der Waals surface area (Å²) in [4.78, 5) is 14.8. The molecule has 0 aromatic heterocycles. The quantitative estimate of drug-likeness (QED) is 0.891. The Labute approximate surface area is 126 Å². The summed E-state index contributed by atoms with van der Waals surface area (Å²) in [6, 6.07) is 8.68. The largest absolute Gasteiger partial charge is 0.395 e. The molecule has 4 heteroatoms. The van der Waals surface area contributed by atoms with E-state index >= 15 is 0 Å². The molecule has 2 aliphatic rings. The van der Waals surface area contributed by atoms with Crippen molar-refractivity contribution in [3.8, 4) is 0 Å². The Hall–Kier alpha value is -1.55. The van der Waals surface area contributed by atoms with Crippen LogP contribution in [0.5, 0.6) is 0 Å². The maximum Gasteiger partial charge on any atom is 0.228 e. The van der Waals surface area contributed by atoms with Gasteiger partial charge in [0.15, 0.2) is 0 Å². The minimum atomic E-state index is -0.0351. The van der Waals surface area contributed by atoms with Crippen LogP contribution in [0.3, 0.4) is 0 Å². The second-order valence-corrected chi connectivity index (χ2v) is 6.24.